The van der Waals surface area contributed by atoms with Crippen LogP contribution in [0.25, 0.3) is 0 Å². The van der Waals surface area contributed by atoms with E-state index < -0.39 is 5.60 Å². The number of amides is 2. The van der Waals surface area contributed by atoms with Crippen LogP contribution in [-0.4, -0.2) is 46.6 Å². The molecule has 0 aromatic heterocycles. The summed E-state index contributed by atoms with van der Waals surface area (Å²) in [6.45, 7) is 2.82. The summed E-state index contributed by atoms with van der Waals surface area (Å²) in [6.07, 6.45) is 5.57. The van der Waals surface area contributed by atoms with Crippen LogP contribution in [0.1, 0.15) is 51.9 Å². The van der Waals surface area contributed by atoms with Crippen molar-refractivity contribution >= 4 is 11.8 Å². The molecule has 2 rings (SSSR count). The molecule has 1 unspecified atom stereocenters. The molecule has 0 spiro atoms. The van der Waals surface area contributed by atoms with E-state index in [0.717, 1.165) is 45.1 Å². The van der Waals surface area contributed by atoms with Crippen LogP contribution >= 0.6 is 0 Å². The maximum Gasteiger partial charge on any atom is 0.225 e. The smallest absolute Gasteiger partial charge is 0.225 e. The second-order valence-corrected chi connectivity index (χ2v) is 5.99. The lowest BCUT2D eigenvalue weighted by Gasteiger charge is -2.34. The number of carbonyl (C=O) groups is 2. The van der Waals surface area contributed by atoms with E-state index >= 15 is 0 Å². The van der Waals surface area contributed by atoms with Gasteiger partial charge < -0.3 is 15.3 Å². The van der Waals surface area contributed by atoms with Crippen molar-refractivity contribution in [1.29, 1.82) is 0 Å². The Kier molecular flexibility index (Phi) is 4.45. The van der Waals surface area contributed by atoms with Gasteiger partial charge in [-0.1, -0.05) is 12.8 Å². The minimum Gasteiger partial charge on any atom is -0.389 e. The molecule has 1 saturated carbocycles. The Labute approximate surface area is 114 Å². The molecular formula is C14H24N2O3. The van der Waals surface area contributed by atoms with Gasteiger partial charge in [0.1, 0.15) is 0 Å². The lowest BCUT2D eigenvalue weighted by Crippen LogP contribution is -2.50. The van der Waals surface area contributed by atoms with Crippen molar-refractivity contribution in [3.8, 4) is 0 Å². The van der Waals surface area contributed by atoms with Crippen molar-refractivity contribution in [1.82, 2.24) is 10.2 Å². The van der Waals surface area contributed by atoms with Gasteiger partial charge in [0.15, 0.2) is 0 Å². The summed E-state index contributed by atoms with van der Waals surface area (Å²) in [5, 5.41) is 13.2. The number of hydrogen-bond acceptors (Lipinski definition) is 3. The quantitative estimate of drug-likeness (QED) is 0.796. The highest BCUT2D eigenvalue weighted by molar-refractivity contribution is 5.78. The molecule has 1 aliphatic carbocycles. The van der Waals surface area contributed by atoms with Gasteiger partial charge in [0.2, 0.25) is 11.8 Å². The summed E-state index contributed by atoms with van der Waals surface area (Å²) in [5.74, 6) is -0.0202. The minimum atomic E-state index is -0.780. The van der Waals surface area contributed by atoms with Crippen molar-refractivity contribution in [2.75, 3.05) is 13.1 Å². The van der Waals surface area contributed by atoms with Gasteiger partial charge in [-0.15, -0.1) is 0 Å². The fourth-order valence-corrected chi connectivity index (χ4v) is 3.21. The summed E-state index contributed by atoms with van der Waals surface area (Å²) in [7, 11) is 0. The largest absolute Gasteiger partial charge is 0.389 e. The molecule has 0 aromatic rings. The third-order valence-corrected chi connectivity index (χ3v) is 4.20. The molecule has 1 saturated heterocycles. The number of likely N-dealkylation sites (tertiary alicyclic amines) is 1. The van der Waals surface area contributed by atoms with E-state index in [1.54, 1.807) is 4.90 Å². The number of hydrogen-bond donors (Lipinski definition) is 2. The van der Waals surface area contributed by atoms with Crippen molar-refractivity contribution in [2.24, 2.45) is 0 Å². The molecule has 2 aliphatic rings. The molecule has 5 nitrogen and oxygen atoms in total. The number of aliphatic hydroxyl groups is 1. The zero-order valence-electron chi connectivity index (χ0n) is 11.7. The summed E-state index contributed by atoms with van der Waals surface area (Å²) in [5.41, 5.74) is -0.780. The molecule has 0 bridgehead atoms. The number of rotatable bonds is 3. The van der Waals surface area contributed by atoms with Crippen LogP contribution in [0, 0.1) is 0 Å². The lowest BCUT2D eigenvalue weighted by molar-refractivity contribution is -0.138. The summed E-state index contributed by atoms with van der Waals surface area (Å²) in [6, 6.07) is 0.0634. The maximum atomic E-state index is 12.2. The zero-order chi connectivity index (χ0) is 13.9. The molecule has 1 atom stereocenters. The average molecular weight is 268 g/mol. The first-order valence-corrected chi connectivity index (χ1v) is 7.26. The van der Waals surface area contributed by atoms with Crippen LogP contribution in [0.3, 0.4) is 0 Å². The Bertz CT molecular complexity index is 351. The third kappa shape index (κ3) is 3.93. The second kappa shape index (κ2) is 5.90. The molecule has 19 heavy (non-hydrogen) atoms. The van der Waals surface area contributed by atoms with Gasteiger partial charge in [-0.3, -0.25) is 9.59 Å². The first-order chi connectivity index (χ1) is 8.98. The second-order valence-electron chi connectivity index (χ2n) is 5.99. The maximum absolute atomic E-state index is 12.2. The molecule has 1 heterocycles. The van der Waals surface area contributed by atoms with E-state index in [-0.39, 0.29) is 24.3 Å². The van der Waals surface area contributed by atoms with E-state index in [1.807, 2.05) is 0 Å². The number of nitrogens with zero attached hydrogens (tertiary/aromatic N) is 1. The van der Waals surface area contributed by atoms with Crippen molar-refractivity contribution in [2.45, 2.75) is 63.5 Å². The van der Waals surface area contributed by atoms with Gasteiger partial charge in [0.25, 0.3) is 0 Å². The molecule has 2 amide bonds. The van der Waals surface area contributed by atoms with E-state index in [1.165, 1.54) is 6.92 Å². The average Bonchev–Trinajstić information content (AvgIpc) is 2.75. The highest BCUT2D eigenvalue weighted by Crippen LogP contribution is 2.33. The van der Waals surface area contributed by atoms with Gasteiger partial charge in [-0.05, 0) is 25.7 Å². The van der Waals surface area contributed by atoms with Gasteiger partial charge in [0, 0.05) is 26.1 Å². The molecule has 0 radical (unpaired) electrons. The van der Waals surface area contributed by atoms with Crippen molar-refractivity contribution in [3.63, 3.8) is 0 Å². The Morgan fingerprint density at radius 2 is 2.00 bits per heavy atom. The van der Waals surface area contributed by atoms with Crippen LogP contribution in [0.5, 0.6) is 0 Å². The van der Waals surface area contributed by atoms with Gasteiger partial charge in [-0.25, -0.2) is 0 Å². The van der Waals surface area contributed by atoms with E-state index in [9.17, 15) is 14.7 Å². The number of nitrogens with one attached hydrogen (secondary N) is 1. The van der Waals surface area contributed by atoms with Gasteiger partial charge >= 0.3 is 0 Å². The Balaban J connectivity index is 1.86. The van der Waals surface area contributed by atoms with Crippen LogP contribution in [0.4, 0.5) is 0 Å². The van der Waals surface area contributed by atoms with Crippen molar-refractivity contribution in [3.05, 3.63) is 0 Å². The van der Waals surface area contributed by atoms with Crippen LogP contribution in [0.2, 0.25) is 0 Å². The molecule has 2 N–H and O–H groups in total. The molecule has 5 heteroatoms. The SMILES string of the molecule is CC(=O)NC1CCCN(C(=O)CC2(O)CCCC2)C1. The lowest BCUT2D eigenvalue weighted by atomic mass is 9.96. The monoisotopic (exact) mass is 268 g/mol. The molecule has 1 aliphatic heterocycles. The normalized spacial score (nSPS) is 26.2. The molecule has 2 fully saturated rings. The van der Waals surface area contributed by atoms with E-state index in [2.05, 4.69) is 5.32 Å². The molecular weight excluding hydrogens is 244 g/mol. The van der Waals surface area contributed by atoms with Crippen molar-refractivity contribution < 1.29 is 14.7 Å². The Morgan fingerprint density at radius 3 is 2.63 bits per heavy atom. The molecule has 0 aromatic carbocycles. The van der Waals surface area contributed by atoms with Gasteiger partial charge in [0.05, 0.1) is 12.0 Å². The Morgan fingerprint density at radius 1 is 1.32 bits per heavy atom. The summed E-state index contributed by atoms with van der Waals surface area (Å²) >= 11 is 0. The molecule has 108 valence electrons. The van der Waals surface area contributed by atoms with E-state index in [0.29, 0.717) is 6.54 Å². The van der Waals surface area contributed by atoms with Crippen LogP contribution in [-0.2, 0) is 9.59 Å². The van der Waals surface area contributed by atoms with Gasteiger partial charge in [-0.2, -0.15) is 0 Å². The standard InChI is InChI=1S/C14H24N2O3/c1-11(17)15-12-5-4-8-16(10-12)13(18)9-14(19)6-2-3-7-14/h12,19H,2-10H2,1H3,(H,15,17). The number of piperidine rings is 1. The summed E-state index contributed by atoms with van der Waals surface area (Å²) in [4.78, 5) is 25.1. The summed E-state index contributed by atoms with van der Waals surface area (Å²) < 4.78 is 0. The minimum absolute atomic E-state index is 0.0273. The highest BCUT2D eigenvalue weighted by Gasteiger charge is 2.35. The highest BCUT2D eigenvalue weighted by atomic mass is 16.3. The zero-order valence-corrected chi connectivity index (χ0v) is 11.7. The van der Waals surface area contributed by atoms with Crippen LogP contribution in [0.15, 0.2) is 0 Å². The van der Waals surface area contributed by atoms with E-state index in [4.69, 9.17) is 0 Å². The fraction of sp³-hybridized carbons (Fsp3) is 0.857. The van der Waals surface area contributed by atoms with Crippen LogP contribution < -0.4 is 5.32 Å². The predicted molar refractivity (Wildman–Crippen MR) is 71.5 cm³/mol. The Hall–Kier alpha value is -1.10. The third-order valence-electron chi connectivity index (χ3n) is 4.20. The number of carbonyl (C=O) groups excluding carboxylic acids is 2. The predicted octanol–water partition coefficient (Wildman–Crippen LogP) is 0.809. The first kappa shape index (κ1) is 14.3. The first-order valence-electron chi connectivity index (χ1n) is 7.26. The fourth-order valence-electron chi connectivity index (χ4n) is 3.21. The topological polar surface area (TPSA) is 69.6 Å².